The molecule has 1 aliphatic rings. The maximum atomic E-state index is 14.1. The largest absolute Gasteiger partial charge is 0.419 e. The van der Waals surface area contributed by atoms with Gasteiger partial charge in [-0.15, -0.1) is 0 Å². The van der Waals surface area contributed by atoms with Gasteiger partial charge in [0.25, 0.3) is 0 Å². The summed E-state index contributed by atoms with van der Waals surface area (Å²) in [6, 6.07) is 7.08. The van der Waals surface area contributed by atoms with Crippen molar-refractivity contribution >= 4 is 17.7 Å². The van der Waals surface area contributed by atoms with Crippen LogP contribution in [0, 0.1) is 11.6 Å². The van der Waals surface area contributed by atoms with E-state index in [0.717, 1.165) is 17.7 Å². The van der Waals surface area contributed by atoms with Crippen LogP contribution in [0.4, 0.5) is 38.4 Å². The lowest BCUT2D eigenvalue weighted by atomic mass is 10.0. The van der Waals surface area contributed by atoms with Crippen LogP contribution in [0.25, 0.3) is 0 Å². The van der Waals surface area contributed by atoms with Gasteiger partial charge in [-0.25, -0.2) is 23.5 Å². The third kappa shape index (κ3) is 5.88. The van der Waals surface area contributed by atoms with Crippen LogP contribution in [-0.2, 0) is 19.1 Å². The molecule has 3 aromatic rings. The first kappa shape index (κ1) is 25.3. The number of alkyl halides is 3. The zero-order valence-corrected chi connectivity index (χ0v) is 19.2. The number of nitrogens with zero attached hydrogens (tertiary/aromatic N) is 3. The van der Waals surface area contributed by atoms with Gasteiger partial charge in [0.15, 0.2) is 0 Å². The molecule has 2 amide bonds. The number of carbonyl (C=O) groups excluding carboxylic acids is 1. The molecule has 7 nitrogen and oxygen atoms in total. The average Bonchev–Trinajstić information content (AvgIpc) is 2.84. The summed E-state index contributed by atoms with van der Waals surface area (Å²) in [7, 11) is 1.61. The van der Waals surface area contributed by atoms with E-state index in [4.69, 9.17) is 0 Å². The van der Waals surface area contributed by atoms with Gasteiger partial charge in [0.1, 0.15) is 11.6 Å². The maximum Gasteiger partial charge on any atom is 0.419 e. The monoisotopic (exact) mass is 506 g/mol. The van der Waals surface area contributed by atoms with E-state index in [1.807, 2.05) is 0 Å². The predicted octanol–water partition coefficient (Wildman–Crippen LogP) is 4.55. The fraction of sp³-hybridized carbons (Fsp3) is 0.292. The maximum absolute atomic E-state index is 14.1. The van der Waals surface area contributed by atoms with E-state index in [1.54, 1.807) is 25.4 Å². The highest BCUT2D eigenvalue weighted by Crippen LogP contribution is 2.32. The van der Waals surface area contributed by atoms with Crippen molar-refractivity contribution < 1.29 is 26.7 Å². The zero-order valence-electron chi connectivity index (χ0n) is 19.2. The molecule has 0 saturated carbocycles. The molecule has 36 heavy (non-hydrogen) atoms. The van der Waals surface area contributed by atoms with Crippen molar-refractivity contribution in [3.05, 3.63) is 82.7 Å². The van der Waals surface area contributed by atoms with Crippen LogP contribution in [0.1, 0.15) is 28.4 Å². The van der Waals surface area contributed by atoms with E-state index in [9.17, 15) is 26.7 Å². The second-order valence-electron chi connectivity index (χ2n) is 8.27. The normalized spacial score (nSPS) is 14.2. The van der Waals surface area contributed by atoms with E-state index < -0.39 is 29.6 Å². The minimum atomic E-state index is -4.81. The molecule has 4 rings (SSSR count). The molecule has 0 aliphatic carbocycles. The Morgan fingerprint density at radius 2 is 1.89 bits per heavy atom. The Bertz CT molecular complexity index is 1230. The highest BCUT2D eigenvalue weighted by molar-refractivity contribution is 5.75. The van der Waals surface area contributed by atoms with E-state index in [0.29, 0.717) is 30.4 Å². The molecule has 190 valence electrons. The molecule has 1 atom stereocenters. The summed E-state index contributed by atoms with van der Waals surface area (Å²) in [6.45, 7) is 0.727. The second-order valence-corrected chi connectivity index (χ2v) is 8.27. The highest BCUT2D eigenvalue weighted by atomic mass is 19.4. The van der Waals surface area contributed by atoms with Crippen molar-refractivity contribution in [2.24, 2.45) is 0 Å². The van der Waals surface area contributed by atoms with Crippen LogP contribution in [-0.4, -0.2) is 41.0 Å². The Hall–Kier alpha value is -3.80. The van der Waals surface area contributed by atoms with Gasteiger partial charge in [-0.1, -0.05) is 6.07 Å². The van der Waals surface area contributed by atoms with Gasteiger partial charge in [0.05, 0.1) is 23.8 Å². The number of hydrogen-bond donors (Lipinski definition) is 3. The van der Waals surface area contributed by atoms with Gasteiger partial charge < -0.3 is 20.9 Å². The van der Waals surface area contributed by atoms with Crippen LogP contribution in [0.2, 0.25) is 0 Å². The van der Waals surface area contributed by atoms with Crippen LogP contribution in [0.15, 0.2) is 48.7 Å². The number of aromatic nitrogens is 2. The van der Waals surface area contributed by atoms with E-state index in [-0.39, 0.29) is 30.4 Å². The Morgan fingerprint density at radius 1 is 1.14 bits per heavy atom. The summed E-state index contributed by atoms with van der Waals surface area (Å²) in [5.41, 5.74) is 0.939. The number of hydrogen-bond acceptors (Lipinski definition) is 5. The third-order valence-corrected chi connectivity index (χ3v) is 5.74. The Balaban J connectivity index is 1.46. The summed E-state index contributed by atoms with van der Waals surface area (Å²) in [5.74, 6) is -1.49. The quantitative estimate of drug-likeness (QED) is 0.428. The molecule has 0 bridgehead atoms. The summed E-state index contributed by atoms with van der Waals surface area (Å²) >= 11 is 0. The minimum absolute atomic E-state index is 0.175. The zero-order chi connectivity index (χ0) is 25.9. The van der Waals surface area contributed by atoms with Crippen molar-refractivity contribution in [3.8, 4) is 0 Å². The SMILES string of the molecule is CNCC(NC(=O)N1CCc2cnc(Nc3ccc(F)cc3)nc2C1)c1ccc(C(F)(F)F)c(F)c1. The van der Waals surface area contributed by atoms with Crippen molar-refractivity contribution in [1.82, 2.24) is 25.5 Å². The van der Waals surface area contributed by atoms with Crippen molar-refractivity contribution in [2.75, 3.05) is 25.5 Å². The molecule has 0 saturated heterocycles. The van der Waals surface area contributed by atoms with Gasteiger partial charge >= 0.3 is 12.2 Å². The standard InChI is InChI=1S/C24H23F5N6O/c1-30-12-20(14-2-7-18(19(26)10-14)24(27,28)29)34-23(36)35-9-8-15-11-31-22(33-21(15)13-35)32-17-5-3-16(25)4-6-17/h2-7,10-11,20,30H,8-9,12-13H2,1H3,(H,34,36)(H,31,32,33). The molecule has 3 N–H and O–H groups in total. The summed E-state index contributed by atoms with van der Waals surface area (Å²) in [4.78, 5) is 23.3. The predicted molar refractivity (Wildman–Crippen MR) is 122 cm³/mol. The van der Waals surface area contributed by atoms with Crippen molar-refractivity contribution in [2.45, 2.75) is 25.2 Å². The van der Waals surface area contributed by atoms with Crippen LogP contribution in [0.5, 0.6) is 0 Å². The Morgan fingerprint density at radius 3 is 2.56 bits per heavy atom. The van der Waals surface area contributed by atoms with Crippen molar-refractivity contribution in [3.63, 3.8) is 0 Å². The number of benzene rings is 2. The third-order valence-electron chi connectivity index (χ3n) is 5.74. The number of fused-ring (bicyclic) bond motifs is 1. The fourth-order valence-corrected chi connectivity index (χ4v) is 3.87. The van der Waals surface area contributed by atoms with Crippen LogP contribution in [0.3, 0.4) is 0 Å². The molecule has 0 spiro atoms. The van der Waals surface area contributed by atoms with Gasteiger partial charge in [-0.2, -0.15) is 13.2 Å². The molecular formula is C24H23F5N6O. The number of rotatable bonds is 6. The van der Waals surface area contributed by atoms with Crippen LogP contribution < -0.4 is 16.0 Å². The lowest BCUT2D eigenvalue weighted by Gasteiger charge is -2.30. The molecule has 2 aromatic carbocycles. The molecular weight excluding hydrogens is 483 g/mol. The number of likely N-dealkylation sites (N-methyl/N-ethyl adjacent to an activating group) is 1. The lowest BCUT2D eigenvalue weighted by molar-refractivity contribution is -0.140. The van der Waals surface area contributed by atoms with Gasteiger partial charge in [-0.05, 0) is 61.0 Å². The van der Waals surface area contributed by atoms with Crippen LogP contribution >= 0.6 is 0 Å². The molecule has 0 fully saturated rings. The first-order valence-corrected chi connectivity index (χ1v) is 11.1. The number of anilines is 2. The molecule has 2 heterocycles. The molecule has 1 aromatic heterocycles. The molecule has 12 heteroatoms. The van der Waals surface area contributed by atoms with Gasteiger partial charge in [0.2, 0.25) is 5.95 Å². The lowest BCUT2D eigenvalue weighted by Crippen LogP contribution is -2.46. The summed E-state index contributed by atoms with van der Waals surface area (Å²) in [6.07, 6.45) is -2.64. The fourth-order valence-electron chi connectivity index (χ4n) is 3.87. The number of halogens is 5. The van der Waals surface area contributed by atoms with Crippen molar-refractivity contribution in [1.29, 1.82) is 0 Å². The topological polar surface area (TPSA) is 82.2 Å². The number of amides is 2. The average molecular weight is 506 g/mol. The molecule has 1 aliphatic heterocycles. The number of urea groups is 1. The van der Waals surface area contributed by atoms with E-state index in [2.05, 4.69) is 25.9 Å². The molecule has 1 unspecified atom stereocenters. The molecule has 0 radical (unpaired) electrons. The number of carbonyl (C=O) groups is 1. The second kappa shape index (κ2) is 10.4. The van der Waals surface area contributed by atoms with Gasteiger partial charge in [0, 0.05) is 25.0 Å². The minimum Gasteiger partial charge on any atom is -0.330 e. The first-order chi connectivity index (χ1) is 17.1. The first-order valence-electron chi connectivity index (χ1n) is 11.1. The van der Waals surface area contributed by atoms with E-state index >= 15 is 0 Å². The Kier molecular flexibility index (Phi) is 7.34. The van der Waals surface area contributed by atoms with E-state index in [1.165, 1.54) is 17.0 Å². The smallest absolute Gasteiger partial charge is 0.330 e. The summed E-state index contributed by atoms with van der Waals surface area (Å²) in [5, 5.41) is 8.60. The van der Waals surface area contributed by atoms with Gasteiger partial charge in [-0.3, -0.25) is 0 Å². The summed E-state index contributed by atoms with van der Waals surface area (Å²) < 4.78 is 66.0. The Labute approximate surface area is 203 Å². The number of nitrogens with one attached hydrogen (secondary N) is 3. The highest BCUT2D eigenvalue weighted by Gasteiger charge is 2.34.